The number of hydrogen-bond acceptors (Lipinski definition) is 2. The third-order valence-electron chi connectivity index (χ3n) is 1.10. The van der Waals surface area contributed by atoms with Crippen LogP contribution in [0.2, 0.25) is 0 Å². The second-order valence-electron chi connectivity index (χ2n) is 1.95. The van der Waals surface area contributed by atoms with Gasteiger partial charge in [-0.1, -0.05) is 5.92 Å². The summed E-state index contributed by atoms with van der Waals surface area (Å²) in [5.74, 6) is 2.48. The lowest BCUT2D eigenvalue weighted by Gasteiger charge is -2.00. The summed E-state index contributed by atoms with van der Waals surface area (Å²) in [6.07, 6.45) is 8.52. The molecule has 0 aliphatic carbocycles. The third kappa shape index (κ3) is 2.60. The fourth-order valence-electron chi connectivity index (χ4n) is 0.662. The number of pyridine rings is 1. The molecule has 11 heavy (non-hydrogen) atoms. The third-order valence-corrected chi connectivity index (χ3v) is 1.53. The summed E-state index contributed by atoms with van der Waals surface area (Å²) in [7, 11) is 0. The van der Waals surface area contributed by atoms with E-state index >= 15 is 0 Å². The van der Waals surface area contributed by atoms with Crippen LogP contribution in [0.25, 0.3) is 0 Å². The van der Waals surface area contributed by atoms with Crippen molar-refractivity contribution in [3.63, 3.8) is 0 Å². The van der Waals surface area contributed by atoms with Crippen molar-refractivity contribution >= 4 is 21.6 Å². The number of nitrogens with zero attached hydrogens (tertiary/aromatic N) is 1. The van der Waals surface area contributed by atoms with Crippen LogP contribution in [-0.2, 0) is 0 Å². The van der Waals surface area contributed by atoms with E-state index in [-0.39, 0.29) is 0 Å². The maximum Gasteiger partial charge on any atom is 0.0763 e. The quantitative estimate of drug-likeness (QED) is 0.755. The topological polar surface area (TPSA) is 24.9 Å². The van der Waals surface area contributed by atoms with Crippen LogP contribution in [0.5, 0.6) is 0 Å². The summed E-state index contributed by atoms with van der Waals surface area (Å²) >= 11 is 3.30. The van der Waals surface area contributed by atoms with Crippen molar-refractivity contribution < 1.29 is 0 Å². The van der Waals surface area contributed by atoms with Crippen molar-refractivity contribution in [1.29, 1.82) is 0 Å². The summed E-state index contributed by atoms with van der Waals surface area (Å²) < 4.78 is 0.944. The van der Waals surface area contributed by atoms with Crippen molar-refractivity contribution in [3.8, 4) is 12.3 Å². The summed E-state index contributed by atoms with van der Waals surface area (Å²) in [5, 5.41) is 3.01. The first-order valence-electron chi connectivity index (χ1n) is 3.11. The van der Waals surface area contributed by atoms with Gasteiger partial charge in [0.1, 0.15) is 0 Å². The number of hydrogen-bond donors (Lipinski definition) is 1. The van der Waals surface area contributed by atoms with Crippen LogP contribution in [-0.4, -0.2) is 11.5 Å². The number of halogens is 1. The second-order valence-corrected chi connectivity index (χ2v) is 2.87. The molecule has 1 rings (SSSR count). The molecule has 1 N–H and O–H groups in total. The van der Waals surface area contributed by atoms with Crippen LogP contribution in [0.4, 0.5) is 5.69 Å². The summed E-state index contributed by atoms with van der Waals surface area (Å²) in [6, 6.07) is 1.92. The zero-order valence-electron chi connectivity index (χ0n) is 5.84. The highest BCUT2D eigenvalue weighted by Gasteiger charge is 1.90. The summed E-state index contributed by atoms with van der Waals surface area (Å²) in [6.45, 7) is 0.526. The zero-order chi connectivity index (χ0) is 8.10. The molecule has 2 nitrogen and oxygen atoms in total. The molecule has 0 amide bonds. The Bertz CT molecular complexity index is 278. The first-order chi connectivity index (χ1) is 5.33. The standard InChI is InChI=1S/C8H7BrN2/c1-2-3-11-8-4-7(9)5-10-6-8/h1,4-6,11H,3H2. The molecular formula is C8H7BrN2. The molecule has 0 unspecified atom stereocenters. The van der Waals surface area contributed by atoms with Gasteiger partial charge < -0.3 is 5.32 Å². The molecule has 0 aliphatic heterocycles. The van der Waals surface area contributed by atoms with Crippen LogP contribution in [0.15, 0.2) is 22.9 Å². The first kappa shape index (κ1) is 8.09. The van der Waals surface area contributed by atoms with E-state index in [9.17, 15) is 0 Å². The van der Waals surface area contributed by atoms with Gasteiger partial charge in [0.2, 0.25) is 0 Å². The number of nitrogens with one attached hydrogen (secondary N) is 1. The monoisotopic (exact) mass is 210 g/mol. The van der Waals surface area contributed by atoms with Crippen molar-refractivity contribution in [2.45, 2.75) is 0 Å². The number of terminal acetylenes is 1. The van der Waals surface area contributed by atoms with Crippen LogP contribution in [0, 0.1) is 12.3 Å². The minimum Gasteiger partial charge on any atom is -0.373 e. The van der Waals surface area contributed by atoms with Gasteiger partial charge in [-0.25, -0.2) is 0 Å². The largest absolute Gasteiger partial charge is 0.373 e. The minimum absolute atomic E-state index is 0.526. The van der Waals surface area contributed by atoms with E-state index in [0.29, 0.717) is 6.54 Å². The fraction of sp³-hybridized carbons (Fsp3) is 0.125. The molecule has 56 valence electrons. The van der Waals surface area contributed by atoms with Crippen molar-refractivity contribution in [3.05, 3.63) is 22.9 Å². The molecule has 1 heterocycles. The lowest BCUT2D eigenvalue weighted by Crippen LogP contribution is -1.98. The van der Waals surface area contributed by atoms with Crippen LogP contribution in [0.1, 0.15) is 0 Å². The molecule has 0 atom stereocenters. The Balaban J connectivity index is 2.65. The van der Waals surface area contributed by atoms with E-state index in [0.717, 1.165) is 10.2 Å². The molecule has 0 aromatic carbocycles. The molecule has 0 radical (unpaired) electrons. The zero-order valence-corrected chi connectivity index (χ0v) is 7.43. The minimum atomic E-state index is 0.526. The summed E-state index contributed by atoms with van der Waals surface area (Å²) in [5.41, 5.74) is 0.928. The van der Waals surface area contributed by atoms with Gasteiger partial charge in [0.05, 0.1) is 18.4 Å². The highest BCUT2D eigenvalue weighted by atomic mass is 79.9. The Kier molecular flexibility index (Phi) is 2.94. The van der Waals surface area contributed by atoms with Crippen molar-refractivity contribution in [1.82, 2.24) is 4.98 Å². The van der Waals surface area contributed by atoms with Gasteiger partial charge >= 0.3 is 0 Å². The molecule has 1 aromatic heterocycles. The van der Waals surface area contributed by atoms with Gasteiger partial charge in [0.25, 0.3) is 0 Å². The van der Waals surface area contributed by atoms with Crippen molar-refractivity contribution in [2.24, 2.45) is 0 Å². The van der Waals surface area contributed by atoms with Crippen LogP contribution < -0.4 is 5.32 Å². The number of aromatic nitrogens is 1. The molecule has 0 spiro atoms. The Morgan fingerprint density at radius 1 is 1.64 bits per heavy atom. The molecule has 0 bridgehead atoms. The van der Waals surface area contributed by atoms with E-state index in [1.165, 1.54) is 0 Å². The Hall–Kier alpha value is -1.01. The van der Waals surface area contributed by atoms with Gasteiger partial charge in [-0.05, 0) is 22.0 Å². The lowest BCUT2D eigenvalue weighted by atomic mass is 10.4. The van der Waals surface area contributed by atoms with E-state index in [2.05, 4.69) is 32.2 Å². The normalized spacial score (nSPS) is 8.73. The molecule has 0 saturated carbocycles. The van der Waals surface area contributed by atoms with Crippen LogP contribution in [0.3, 0.4) is 0 Å². The van der Waals surface area contributed by atoms with E-state index < -0.39 is 0 Å². The molecule has 0 aliphatic rings. The molecule has 3 heteroatoms. The van der Waals surface area contributed by atoms with E-state index in [1.54, 1.807) is 12.4 Å². The number of anilines is 1. The highest BCUT2D eigenvalue weighted by Crippen LogP contribution is 2.12. The predicted molar refractivity (Wildman–Crippen MR) is 49.3 cm³/mol. The molecule has 0 fully saturated rings. The maximum absolute atomic E-state index is 5.07. The lowest BCUT2D eigenvalue weighted by molar-refractivity contribution is 1.27. The van der Waals surface area contributed by atoms with Gasteiger partial charge in [0.15, 0.2) is 0 Å². The average molecular weight is 211 g/mol. The Morgan fingerprint density at radius 3 is 3.09 bits per heavy atom. The van der Waals surface area contributed by atoms with Gasteiger partial charge in [-0.2, -0.15) is 0 Å². The maximum atomic E-state index is 5.07. The van der Waals surface area contributed by atoms with Gasteiger partial charge in [0, 0.05) is 10.7 Å². The average Bonchev–Trinajstić information content (AvgIpc) is 2.01. The summed E-state index contributed by atoms with van der Waals surface area (Å²) in [4.78, 5) is 3.96. The van der Waals surface area contributed by atoms with Gasteiger partial charge in [-0.15, -0.1) is 6.42 Å². The smallest absolute Gasteiger partial charge is 0.0763 e. The molecule has 1 aromatic rings. The Morgan fingerprint density at radius 2 is 2.45 bits per heavy atom. The molecule has 0 saturated heterocycles. The predicted octanol–water partition coefficient (Wildman–Crippen LogP) is 1.89. The van der Waals surface area contributed by atoms with Gasteiger partial charge in [-0.3, -0.25) is 4.98 Å². The fourth-order valence-corrected chi connectivity index (χ4v) is 1.03. The second kappa shape index (κ2) is 3.99. The van der Waals surface area contributed by atoms with Crippen molar-refractivity contribution in [2.75, 3.05) is 11.9 Å². The SMILES string of the molecule is C#CCNc1cncc(Br)c1. The first-order valence-corrected chi connectivity index (χ1v) is 3.90. The van der Waals surface area contributed by atoms with Crippen LogP contribution >= 0.6 is 15.9 Å². The molecular weight excluding hydrogens is 204 g/mol. The number of rotatable bonds is 2. The Labute approximate surface area is 74.2 Å². The van der Waals surface area contributed by atoms with E-state index in [1.807, 2.05) is 6.07 Å². The van der Waals surface area contributed by atoms with E-state index in [4.69, 9.17) is 6.42 Å². The highest BCUT2D eigenvalue weighted by molar-refractivity contribution is 9.10.